The molecule has 0 saturated heterocycles. The van der Waals surface area contributed by atoms with Crippen LogP contribution in [-0.4, -0.2) is 39.4 Å². The summed E-state index contributed by atoms with van der Waals surface area (Å²) in [4.78, 5) is 38.7. The number of nitrogens with one attached hydrogen (secondary N) is 5. The molecular weight excluding hydrogens is 562 g/mol. The van der Waals surface area contributed by atoms with Crippen molar-refractivity contribution in [2.75, 3.05) is 6.54 Å². The summed E-state index contributed by atoms with van der Waals surface area (Å²) in [6, 6.07) is 24.8. The smallest absolute Gasteiger partial charge is 0.251 e. The number of hydrogen-bond acceptors (Lipinski definition) is 6. The number of amides is 2. The van der Waals surface area contributed by atoms with Crippen LogP contribution in [0.4, 0.5) is 0 Å². The topological polar surface area (TPSA) is 124 Å². The third kappa shape index (κ3) is 9.07. The van der Waals surface area contributed by atoms with E-state index in [2.05, 4.69) is 60.5 Å². The number of pyridine rings is 1. The van der Waals surface area contributed by atoms with Crippen molar-refractivity contribution < 1.29 is 9.59 Å². The lowest BCUT2D eigenvalue weighted by molar-refractivity contribution is -0.123. The summed E-state index contributed by atoms with van der Waals surface area (Å²) < 4.78 is 0. The van der Waals surface area contributed by atoms with Crippen molar-refractivity contribution in [3.8, 4) is 0 Å². The minimum absolute atomic E-state index is 0.206. The molecule has 5 aromatic rings. The molecule has 5 rings (SSSR count). The van der Waals surface area contributed by atoms with E-state index < -0.39 is 6.04 Å². The third-order valence-electron chi connectivity index (χ3n) is 7.79. The number of carbonyl (C=O) groups excluding carboxylic acids is 2. The van der Waals surface area contributed by atoms with Crippen LogP contribution in [0.3, 0.4) is 0 Å². The minimum Gasteiger partial charge on any atom is -0.348 e. The predicted octanol–water partition coefficient (Wildman–Crippen LogP) is 5.10. The molecule has 0 fully saturated rings. The number of aromatic nitrogens is 3. The summed E-state index contributed by atoms with van der Waals surface area (Å²) >= 11 is 0. The van der Waals surface area contributed by atoms with Crippen LogP contribution in [0.2, 0.25) is 0 Å². The molecule has 5 N–H and O–H groups in total. The van der Waals surface area contributed by atoms with Gasteiger partial charge in [0.15, 0.2) is 0 Å². The zero-order valence-corrected chi connectivity index (χ0v) is 25.8. The summed E-state index contributed by atoms with van der Waals surface area (Å²) in [5.41, 5.74) is 4.73. The number of aryl methyl sites for hydroxylation is 1. The first-order valence-electron chi connectivity index (χ1n) is 15.5. The zero-order valence-electron chi connectivity index (χ0n) is 25.8. The maximum atomic E-state index is 13.7. The van der Waals surface area contributed by atoms with Crippen LogP contribution in [0.5, 0.6) is 0 Å². The zero-order chi connectivity index (χ0) is 31.4. The van der Waals surface area contributed by atoms with Gasteiger partial charge in [-0.25, -0.2) is 4.98 Å². The fraction of sp³-hybridized carbons (Fsp3) is 0.278. The van der Waals surface area contributed by atoms with Crippen molar-refractivity contribution in [2.45, 2.75) is 58.4 Å². The molecule has 0 bridgehead atoms. The van der Waals surface area contributed by atoms with Crippen molar-refractivity contribution >= 4 is 22.6 Å². The van der Waals surface area contributed by atoms with Crippen LogP contribution in [0.1, 0.15) is 64.4 Å². The maximum absolute atomic E-state index is 13.7. The molecule has 45 heavy (non-hydrogen) atoms. The van der Waals surface area contributed by atoms with E-state index in [1.165, 1.54) is 5.56 Å². The molecule has 0 spiro atoms. The van der Waals surface area contributed by atoms with Gasteiger partial charge in [0, 0.05) is 37.2 Å². The van der Waals surface area contributed by atoms with E-state index in [0.717, 1.165) is 33.4 Å². The van der Waals surface area contributed by atoms with Gasteiger partial charge in [0.25, 0.3) is 5.91 Å². The summed E-state index contributed by atoms with van der Waals surface area (Å²) in [5, 5.41) is 15.1. The second-order valence-corrected chi connectivity index (χ2v) is 11.3. The van der Waals surface area contributed by atoms with Crippen molar-refractivity contribution in [1.29, 1.82) is 0 Å². The molecule has 0 saturated carbocycles. The fourth-order valence-corrected chi connectivity index (χ4v) is 5.37. The monoisotopic (exact) mass is 603 g/mol. The van der Waals surface area contributed by atoms with E-state index in [9.17, 15) is 9.59 Å². The van der Waals surface area contributed by atoms with Gasteiger partial charge in [-0.2, -0.15) is 0 Å². The first-order chi connectivity index (χ1) is 22.0. The number of benzene rings is 3. The summed E-state index contributed by atoms with van der Waals surface area (Å²) in [5.74, 6) is 0.384. The van der Waals surface area contributed by atoms with Crippen LogP contribution >= 0.6 is 0 Å². The number of carbonyl (C=O) groups is 2. The van der Waals surface area contributed by atoms with Crippen LogP contribution < -0.4 is 21.3 Å². The van der Waals surface area contributed by atoms with E-state index >= 15 is 0 Å². The van der Waals surface area contributed by atoms with Gasteiger partial charge in [0.05, 0.1) is 18.3 Å². The maximum Gasteiger partial charge on any atom is 0.251 e. The van der Waals surface area contributed by atoms with Gasteiger partial charge in [-0.15, -0.1) is 0 Å². The predicted molar refractivity (Wildman–Crippen MR) is 177 cm³/mol. The van der Waals surface area contributed by atoms with Crippen molar-refractivity contribution in [2.24, 2.45) is 0 Å². The Balaban J connectivity index is 1.20. The quantitative estimate of drug-likeness (QED) is 0.106. The number of aromatic amines is 1. The van der Waals surface area contributed by atoms with Gasteiger partial charge >= 0.3 is 0 Å². The molecule has 9 heteroatoms. The van der Waals surface area contributed by atoms with Gasteiger partial charge in [-0.3, -0.25) is 14.6 Å². The Hall–Kier alpha value is -4.86. The second kappa shape index (κ2) is 15.7. The lowest BCUT2D eigenvalue weighted by atomic mass is 9.99. The number of hydrogen-bond donors (Lipinski definition) is 5. The molecule has 0 radical (unpaired) electrons. The van der Waals surface area contributed by atoms with Crippen LogP contribution in [0.15, 0.2) is 97.5 Å². The Bertz CT molecular complexity index is 1680. The standard InChI is InChI=1S/C36H41N7O2/c1-25-16-18-39-30(21-25)23-37-17-6-11-33(36(45)42-26(2)31-10-5-8-28-7-3-4-9-32(28)31)43-35(44)29-14-12-27(13-15-29)22-38-24-34-40-19-20-41-34/h3-5,7-10,12-16,18-21,26,33,37-38H,6,11,17,22-24H2,1-2H3,(H,40,41)(H,42,45)(H,43,44)/t26-,33-/m0/s1. The largest absolute Gasteiger partial charge is 0.348 e. The van der Waals surface area contributed by atoms with E-state index in [1.807, 2.05) is 62.5 Å². The lowest BCUT2D eigenvalue weighted by Crippen LogP contribution is -2.47. The summed E-state index contributed by atoms with van der Waals surface area (Å²) in [7, 11) is 0. The van der Waals surface area contributed by atoms with Crippen molar-refractivity contribution in [1.82, 2.24) is 36.2 Å². The average molecular weight is 604 g/mol. The fourth-order valence-electron chi connectivity index (χ4n) is 5.37. The van der Waals surface area contributed by atoms with Crippen molar-refractivity contribution in [3.63, 3.8) is 0 Å². The number of nitrogens with zero attached hydrogens (tertiary/aromatic N) is 2. The molecule has 0 aliphatic rings. The molecule has 2 aromatic heterocycles. The molecule has 232 valence electrons. The molecule has 0 unspecified atom stereocenters. The summed E-state index contributed by atoms with van der Waals surface area (Å²) in [6.45, 7) is 6.63. The van der Waals surface area contributed by atoms with Gasteiger partial charge < -0.3 is 26.3 Å². The molecule has 2 amide bonds. The molecule has 3 aromatic carbocycles. The highest BCUT2D eigenvalue weighted by Gasteiger charge is 2.23. The number of H-pyrrole nitrogens is 1. The molecule has 0 aliphatic carbocycles. The summed E-state index contributed by atoms with van der Waals surface area (Å²) in [6.07, 6.45) is 6.52. The Morgan fingerprint density at radius 1 is 0.844 bits per heavy atom. The first kappa shape index (κ1) is 31.6. The van der Waals surface area contributed by atoms with Crippen LogP contribution in [0, 0.1) is 6.92 Å². The third-order valence-corrected chi connectivity index (χ3v) is 7.79. The highest BCUT2D eigenvalue weighted by atomic mass is 16.2. The van der Waals surface area contributed by atoms with E-state index in [0.29, 0.717) is 44.6 Å². The van der Waals surface area contributed by atoms with Gasteiger partial charge in [0.2, 0.25) is 5.91 Å². The average Bonchev–Trinajstić information content (AvgIpc) is 3.57. The Kier molecular flexibility index (Phi) is 11.0. The van der Waals surface area contributed by atoms with E-state index in [1.54, 1.807) is 24.5 Å². The highest BCUT2D eigenvalue weighted by molar-refractivity contribution is 5.97. The SMILES string of the molecule is Cc1ccnc(CNCCC[C@H](NC(=O)c2ccc(CNCc3ncc[nH]3)cc2)C(=O)N[C@@H](C)c2cccc3ccccc23)c1. The molecular formula is C36H41N7O2. The molecule has 2 heterocycles. The first-order valence-corrected chi connectivity index (χ1v) is 15.5. The molecule has 2 atom stereocenters. The van der Waals surface area contributed by atoms with Gasteiger partial charge in [0.1, 0.15) is 11.9 Å². The Morgan fingerprint density at radius 2 is 1.67 bits per heavy atom. The molecule has 9 nitrogen and oxygen atoms in total. The van der Waals surface area contributed by atoms with E-state index in [4.69, 9.17) is 0 Å². The van der Waals surface area contributed by atoms with Crippen LogP contribution in [0.25, 0.3) is 10.8 Å². The van der Waals surface area contributed by atoms with Crippen LogP contribution in [-0.2, 0) is 24.4 Å². The van der Waals surface area contributed by atoms with Gasteiger partial charge in [-0.05, 0) is 85.0 Å². The minimum atomic E-state index is -0.691. The lowest BCUT2D eigenvalue weighted by Gasteiger charge is -2.23. The highest BCUT2D eigenvalue weighted by Crippen LogP contribution is 2.24. The van der Waals surface area contributed by atoms with Gasteiger partial charge in [-0.1, -0.05) is 54.6 Å². The van der Waals surface area contributed by atoms with Crippen molar-refractivity contribution in [3.05, 3.63) is 131 Å². The number of imidazole rings is 1. The van der Waals surface area contributed by atoms with E-state index in [-0.39, 0.29) is 17.9 Å². The Morgan fingerprint density at radius 3 is 2.47 bits per heavy atom. The Labute approximate surface area is 264 Å². The normalized spacial score (nSPS) is 12.5. The number of rotatable bonds is 15. The molecule has 0 aliphatic heterocycles. The second-order valence-electron chi connectivity index (χ2n) is 11.3. The number of fused-ring (bicyclic) bond motifs is 1.